The predicted octanol–water partition coefficient (Wildman–Crippen LogP) is 9.33. The van der Waals surface area contributed by atoms with Crippen molar-refractivity contribution in [2.75, 3.05) is 13.2 Å². The Bertz CT molecular complexity index is 424. The van der Waals surface area contributed by atoms with Crippen LogP contribution in [0.2, 0.25) is 0 Å². The molecule has 0 aliphatic carbocycles. The molecule has 0 aromatic carbocycles. The minimum atomic E-state index is 0.0720. The number of ether oxygens (including phenoxy) is 2. The fraction of sp³-hybridized carbons (Fsp3) is 0.933. The lowest BCUT2D eigenvalue weighted by atomic mass is 9.94. The summed E-state index contributed by atoms with van der Waals surface area (Å²) in [5, 5.41) is 0. The molecular formula is C30H58O4. The van der Waals surface area contributed by atoms with Crippen LogP contribution in [0.5, 0.6) is 0 Å². The Kier molecular flexibility index (Phi) is 27.3. The highest BCUT2D eigenvalue weighted by Gasteiger charge is 2.19. The van der Waals surface area contributed by atoms with Crippen molar-refractivity contribution in [3.8, 4) is 0 Å². The van der Waals surface area contributed by atoms with Crippen molar-refractivity contribution >= 4 is 12.4 Å². The van der Waals surface area contributed by atoms with Crippen LogP contribution in [0, 0.1) is 5.92 Å². The zero-order valence-corrected chi connectivity index (χ0v) is 23.0. The van der Waals surface area contributed by atoms with Gasteiger partial charge in [-0.15, -0.1) is 0 Å². The van der Waals surface area contributed by atoms with Crippen LogP contribution in [0.4, 0.5) is 0 Å². The third kappa shape index (κ3) is 24.1. The van der Waals surface area contributed by atoms with E-state index in [4.69, 9.17) is 9.47 Å². The van der Waals surface area contributed by atoms with Crippen molar-refractivity contribution < 1.29 is 19.1 Å². The summed E-state index contributed by atoms with van der Waals surface area (Å²) < 4.78 is 10.4. The molecule has 4 nitrogen and oxygen atoms in total. The Morgan fingerprint density at radius 1 is 0.559 bits per heavy atom. The first kappa shape index (κ1) is 32.9. The molecule has 0 heterocycles. The molecule has 1 unspecified atom stereocenters. The molecule has 34 heavy (non-hydrogen) atoms. The maximum atomic E-state index is 12.7. The Hall–Kier alpha value is -1.06. The van der Waals surface area contributed by atoms with Gasteiger partial charge in [-0.05, 0) is 25.7 Å². The van der Waals surface area contributed by atoms with Gasteiger partial charge in [0.25, 0.3) is 6.47 Å². The van der Waals surface area contributed by atoms with E-state index in [2.05, 4.69) is 13.8 Å². The van der Waals surface area contributed by atoms with Gasteiger partial charge in [-0.2, -0.15) is 0 Å². The predicted molar refractivity (Wildman–Crippen MR) is 144 cm³/mol. The molecule has 4 heteroatoms. The molecule has 0 saturated carbocycles. The molecular weight excluding hydrogens is 424 g/mol. The molecule has 0 aromatic rings. The second-order valence-corrected chi connectivity index (χ2v) is 10.1. The van der Waals surface area contributed by atoms with E-state index in [1.165, 1.54) is 109 Å². The largest absolute Gasteiger partial charge is 0.468 e. The molecule has 0 bridgehead atoms. The molecule has 0 aliphatic heterocycles. The fourth-order valence-electron chi connectivity index (χ4n) is 4.59. The van der Waals surface area contributed by atoms with Crippen molar-refractivity contribution in [1.82, 2.24) is 0 Å². The van der Waals surface area contributed by atoms with Gasteiger partial charge < -0.3 is 9.47 Å². The summed E-state index contributed by atoms with van der Waals surface area (Å²) >= 11 is 0. The lowest BCUT2D eigenvalue weighted by Crippen LogP contribution is -2.18. The fourth-order valence-corrected chi connectivity index (χ4v) is 4.59. The van der Waals surface area contributed by atoms with Crippen LogP contribution in [0.25, 0.3) is 0 Å². The molecule has 0 N–H and O–H groups in total. The quantitative estimate of drug-likeness (QED) is 0.0633. The van der Waals surface area contributed by atoms with E-state index in [-0.39, 0.29) is 11.9 Å². The average Bonchev–Trinajstić information content (AvgIpc) is 2.84. The normalized spacial score (nSPS) is 11.9. The first-order valence-electron chi connectivity index (χ1n) is 15.0. The highest BCUT2D eigenvalue weighted by atomic mass is 16.5. The molecule has 0 radical (unpaired) electrons. The molecule has 0 aliphatic rings. The molecule has 1 atom stereocenters. The minimum absolute atomic E-state index is 0.0720. The summed E-state index contributed by atoms with van der Waals surface area (Å²) in [6.45, 7) is 6.20. The van der Waals surface area contributed by atoms with Gasteiger partial charge in [0, 0.05) is 0 Å². The van der Waals surface area contributed by atoms with Gasteiger partial charge in [-0.25, -0.2) is 0 Å². The summed E-state index contributed by atoms with van der Waals surface area (Å²) in [5.41, 5.74) is 0. The van der Waals surface area contributed by atoms with Crippen LogP contribution in [0.15, 0.2) is 0 Å². The number of esters is 1. The highest BCUT2D eigenvalue weighted by molar-refractivity contribution is 5.72. The van der Waals surface area contributed by atoms with E-state index in [0.717, 1.165) is 38.5 Å². The maximum Gasteiger partial charge on any atom is 0.308 e. The summed E-state index contributed by atoms with van der Waals surface area (Å²) in [4.78, 5) is 22.7. The van der Waals surface area contributed by atoms with Gasteiger partial charge in [0.05, 0.1) is 19.1 Å². The van der Waals surface area contributed by atoms with Crippen molar-refractivity contribution in [3.05, 3.63) is 0 Å². The Morgan fingerprint density at radius 2 is 0.941 bits per heavy atom. The smallest absolute Gasteiger partial charge is 0.308 e. The second kappa shape index (κ2) is 28.2. The molecule has 0 spiro atoms. The highest BCUT2D eigenvalue weighted by Crippen LogP contribution is 2.21. The Labute approximate surface area is 212 Å². The van der Waals surface area contributed by atoms with Crippen LogP contribution in [0.1, 0.15) is 162 Å². The van der Waals surface area contributed by atoms with Gasteiger partial charge in [-0.1, -0.05) is 136 Å². The number of carbonyl (C=O) groups excluding carboxylic acids is 2. The summed E-state index contributed by atoms with van der Waals surface area (Å²) in [6, 6.07) is 0. The van der Waals surface area contributed by atoms with Gasteiger partial charge in [0.1, 0.15) is 0 Å². The molecule has 0 fully saturated rings. The van der Waals surface area contributed by atoms with Crippen LogP contribution in [0.3, 0.4) is 0 Å². The number of rotatable bonds is 28. The number of carbonyl (C=O) groups is 2. The van der Waals surface area contributed by atoms with E-state index < -0.39 is 0 Å². The first-order valence-corrected chi connectivity index (χ1v) is 15.0. The van der Waals surface area contributed by atoms with Crippen LogP contribution < -0.4 is 0 Å². The van der Waals surface area contributed by atoms with Crippen LogP contribution >= 0.6 is 0 Å². The lowest BCUT2D eigenvalue weighted by Gasteiger charge is -2.16. The zero-order chi connectivity index (χ0) is 25.0. The van der Waals surface area contributed by atoms with Crippen molar-refractivity contribution in [1.29, 1.82) is 0 Å². The second-order valence-electron chi connectivity index (χ2n) is 10.1. The number of hydrogen-bond acceptors (Lipinski definition) is 4. The Morgan fingerprint density at radius 3 is 1.41 bits per heavy atom. The van der Waals surface area contributed by atoms with Gasteiger partial charge in [-0.3, -0.25) is 9.59 Å². The summed E-state index contributed by atoms with van der Waals surface area (Å²) in [5.74, 6) is 0.198. The minimum Gasteiger partial charge on any atom is -0.468 e. The van der Waals surface area contributed by atoms with E-state index in [1.807, 2.05) is 0 Å². The standard InChI is InChI=1S/C30H58O4/c1-3-5-7-9-17-21-25-29(24-20-8-6-4-2)30(32)34-27-23-19-16-14-12-10-11-13-15-18-22-26-33-28-31/h28-29H,3-27H2,1-2H3. The summed E-state index contributed by atoms with van der Waals surface area (Å²) in [6.07, 6.45) is 28.0. The number of unbranched alkanes of at least 4 members (excludes halogenated alkanes) is 18. The van der Waals surface area contributed by atoms with E-state index >= 15 is 0 Å². The third-order valence-corrected chi connectivity index (χ3v) is 6.86. The molecule has 0 aromatic heterocycles. The Balaban J connectivity index is 3.72. The van der Waals surface area contributed by atoms with E-state index in [0.29, 0.717) is 19.7 Å². The maximum absolute atomic E-state index is 12.7. The van der Waals surface area contributed by atoms with Crippen molar-refractivity contribution in [2.45, 2.75) is 162 Å². The topological polar surface area (TPSA) is 52.6 Å². The first-order chi connectivity index (χ1) is 16.8. The molecule has 0 amide bonds. The van der Waals surface area contributed by atoms with Crippen molar-refractivity contribution in [3.63, 3.8) is 0 Å². The molecule has 202 valence electrons. The van der Waals surface area contributed by atoms with Crippen LogP contribution in [-0.4, -0.2) is 25.7 Å². The van der Waals surface area contributed by atoms with Gasteiger partial charge in [0.2, 0.25) is 0 Å². The van der Waals surface area contributed by atoms with Gasteiger partial charge in [0.15, 0.2) is 0 Å². The molecule has 0 rings (SSSR count). The monoisotopic (exact) mass is 482 g/mol. The summed E-state index contributed by atoms with van der Waals surface area (Å²) in [7, 11) is 0. The SMILES string of the molecule is CCCCCCCCC(CCCCCC)C(=O)OCCCCCCCCCCCCCOC=O. The number of hydrogen-bond donors (Lipinski definition) is 0. The third-order valence-electron chi connectivity index (χ3n) is 6.86. The van der Waals surface area contributed by atoms with Gasteiger partial charge >= 0.3 is 5.97 Å². The van der Waals surface area contributed by atoms with Crippen molar-refractivity contribution in [2.24, 2.45) is 5.92 Å². The molecule has 0 saturated heterocycles. The van der Waals surface area contributed by atoms with E-state index in [9.17, 15) is 9.59 Å². The average molecular weight is 483 g/mol. The van der Waals surface area contributed by atoms with Crippen LogP contribution in [-0.2, 0) is 19.1 Å². The zero-order valence-electron chi connectivity index (χ0n) is 23.0. The lowest BCUT2D eigenvalue weighted by molar-refractivity contribution is -0.149. The van der Waals surface area contributed by atoms with E-state index in [1.54, 1.807) is 0 Å².